The predicted molar refractivity (Wildman–Crippen MR) is 87.2 cm³/mol. The van der Waals surface area contributed by atoms with Gasteiger partial charge in [-0.1, -0.05) is 24.3 Å². The first kappa shape index (κ1) is 15.5. The zero-order valence-corrected chi connectivity index (χ0v) is 12.3. The first-order chi connectivity index (χ1) is 11.5. The third kappa shape index (κ3) is 2.91. The molecule has 1 aromatic heterocycles. The molecule has 0 spiro atoms. The fourth-order valence-corrected chi connectivity index (χ4v) is 2.41. The van der Waals surface area contributed by atoms with Crippen molar-refractivity contribution in [2.24, 2.45) is 16.5 Å². The SMILES string of the molecule is NC(N)=NC(=O)c1ccc2cccc(-c3ncc(F)cc3F)c2c1. The quantitative estimate of drug-likeness (QED) is 0.559. The number of fused-ring (bicyclic) bond motifs is 1. The van der Waals surface area contributed by atoms with E-state index >= 15 is 0 Å². The maximum atomic E-state index is 14.1. The fraction of sp³-hybridized carbons (Fsp3) is 0. The Morgan fingerprint density at radius 3 is 2.58 bits per heavy atom. The highest BCUT2D eigenvalue weighted by Gasteiger charge is 2.13. The van der Waals surface area contributed by atoms with E-state index in [2.05, 4.69) is 9.98 Å². The minimum Gasteiger partial charge on any atom is -0.370 e. The molecule has 0 aliphatic rings. The number of carbonyl (C=O) groups is 1. The zero-order chi connectivity index (χ0) is 17.3. The van der Waals surface area contributed by atoms with Crippen LogP contribution < -0.4 is 11.5 Å². The van der Waals surface area contributed by atoms with E-state index in [4.69, 9.17) is 11.5 Å². The summed E-state index contributed by atoms with van der Waals surface area (Å²) in [5.74, 6) is -2.51. The van der Waals surface area contributed by atoms with Crippen molar-refractivity contribution in [2.45, 2.75) is 0 Å². The van der Waals surface area contributed by atoms with Gasteiger partial charge in [0.25, 0.3) is 5.91 Å². The largest absolute Gasteiger partial charge is 0.370 e. The summed E-state index contributed by atoms with van der Waals surface area (Å²) in [6.07, 6.45) is 0.936. The van der Waals surface area contributed by atoms with Crippen molar-refractivity contribution < 1.29 is 13.6 Å². The van der Waals surface area contributed by atoms with E-state index in [1.807, 2.05) is 0 Å². The first-order valence-corrected chi connectivity index (χ1v) is 6.94. The number of amides is 1. The molecule has 0 saturated carbocycles. The number of halogens is 2. The van der Waals surface area contributed by atoms with Crippen molar-refractivity contribution >= 4 is 22.6 Å². The molecule has 0 atom stereocenters. The van der Waals surface area contributed by atoms with Crippen LogP contribution in [0.3, 0.4) is 0 Å². The van der Waals surface area contributed by atoms with Gasteiger partial charge in [-0.25, -0.2) is 8.78 Å². The zero-order valence-electron chi connectivity index (χ0n) is 12.3. The van der Waals surface area contributed by atoms with Crippen LogP contribution in [0.4, 0.5) is 8.78 Å². The van der Waals surface area contributed by atoms with E-state index in [1.165, 1.54) is 0 Å². The second-order valence-electron chi connectivity index (χ2n) is 5.07. The van der Waals surface area contributed by atoms with Gasteiger partial charge >= 0.3 is 0 Å². The lowest BCUT2D eigenvalue weighted by Crippen LogP contribution is -2.24. The van der Waals surface area contributed by atoms with Crippen LogP contribution in [-0.4, -0.2) is 16.9 Å². The maximum absolute atomic E-state index is 14.1. The van der Waals surface area contributed by atoms with Crippen molar-refractivity contribution in [1.82, 2.24) is 4.98 Å². The highest BCUT2D eigenvalue weighted by atomic mass is 19.1. The molecule has 24 heavy (non-hydrogen) atoms. The van der Waals surface area contributed by atoms with Gasteiger partial charge < -0.3 is 11.5 Å². The highest BCUT2D eigenvalue weighted by Crippen LogP contribution is 2.30. The number of benzene rings is 2. The van der Waals surface area contributed by atoms with E-state index in [1.54, 1.807) is 36.4 Å². The molecule has 2 aromatic carbocycles. The molecular formula is C17H12F2N4O. The molecule has 4 N–H and O–H groups in total. The Morgan fingerprint density at radius 1 is 1.08 bits per heavy atom. The van der Waals surface area contributed by atoms with Crippen LogP contribution in [0.2, 0.25) is 0 Å². The van der Waals surface area contributed by atoms with E-state index in [0.29, 0.717) is 10.9 Å². The van der Waals surface area contributed by atoms with E-state index < -0.39 is 17.5 Å². The Balaban J connectivity index is 2.22. The van der Waals surface area contributed by atoms with Crippen LogP contribution in [-0.2, 0) is 0 Å². The van der Waals surface area contributed by atoms with Crippen molar-refractivity contribution in [1.29, 1.82) is 0 Å². The number of pyridine rings is 1. The third-order valence-electron chi connectivity index (χ3n) is 3.42. The number of carbonyl (C=O) groups excluding carboxylic acids is 1. The number of aliphatic imine (C=N–C) groups is 1. The number of nitrogens with two attached hydrogens (primary N) is 2. The number of aromatic nitrogens is 1. The Kier molecular flexibility index (Phi) is 3.91. The number of hydrogen-bond acceptors (Lipinski definition) is 2. The summed E-state index contributed by atoms with van der Waals surface area (Å²) in [4.78, 5) is 19.3. The van der Waals surface area contributed by atoms with Crippen LogP contribution >= 0.6 is 0 Å². The van der Waals surface area contributed by atoms with Crippen LogP contribution in [0, 0.1) is 11.6 Å². The Bertz CT molecular complexity index is 981. The highest BCUT2D eigenvalue weighted by molar-refractivity contribution is 6.06. The standard InChI is InChI=1S/C17H12F2N4O/c18-11-7-14(19)15(22-8-11)12-3-1-2-9-4-5-10(6-13(9)12)16(24)23-17(20)21/h1-8H,(H4,20,21,23,24). The van der Waals surface area contributed by atoms with E-state index in [0.717, 1.165) is 17.6 Å². The van der Waals surface area contributed by atoms with Crippen LogP contribution in [0.25, 0.3) is 22.0 Å². The lowest BCUT2D eigenvalue weighted by molar-refractivity contribution is 0.100. The topological polar surface area (TPSA) is 94.4 Å². The maximum Gasteiger partial charge on any atom is 0.280 e. The smallest absolute Gasteiger partial charge is 0.280 e. The number of nitrogens with zero attached hydrogens (tertiary/aromatic N) is 2. The van der Waals surface area contributed by atoms with Gasteiger partial charge in [0.1, 0.15) is 11.5 Å². The molecule has 5 nitrogen and oxygen atoms in total. The summed E-state index contributed by atoms with van der Waals surface area (Å²) >= 11 is 0. The molecular weight excluding hydrogens is 314 g/mol. The molecule has 3 rings (SSSR count). The molecule has 0 bridgehead atoms. The van der Waals surface area contributed by atoms with Crippen molar-refractivity contribution in [3.05, 3.63) is 65.9 Å². The van der Waals surface area contributed by atoms with Gasteiger partial charge in [-0.05, 0) is 22.9 Å². The molecule has 0 aliphatic carbocycles. The van der Waals surface area contributed by atoms with Gasteiger partial charge in [0, 0.05) is 17.2 Å². The summed E-state index contributed by atoms with van der Waals surface area (Å²) in [6, 6.07) is 10.7. The summed E-state index contributed by atoms with van der Waals surface area (Å²) in [5.41, 5.74) is 11.1. The first-order valence-electron chi connectivity index (χ1n) is 6.94. The van der Waals surface area contributed by atoms with Gasteiger partial charge in [0.2, 0.25) is 0 Å². The van der Waals surface area contributed by atoms with Gasteiger partial charge in [0.05, 0.1) is 6.20 Å². The Labute approximate surface area is 135 Å². The van der Waals surface area contributed by atoms with Crippen LogP contribution in [0.1, 0.15) is 10.4 Å². The lowest BCUT2D eigenvalue weighted by Gasteiger charge is -2.08. The fourth-order valence-electron chi connectivity index (χ4n) is 2.41. The van der Waals surface area contributed by atoms with Gasteiger partial charge in [-0.15, -0.1) is 0 Å². The van der Waals surface area contributed by atoms with Crippen LogP contribution in [0.5, 0.6) is 0 Å². The normalized spacial score (nSPS) is 10.6. The van der Waals surface area contributed by atoms with Crippen molar-refractivity contribution in [3.8, 4) is 11.3 Å². The van der Waals surface area contributed by atoms with Gasteiger partial charge in [-0.3, -0.25) is 9.78 Å². The van der Waals surface area contributed by atoms with Gasteiger partial charge in [-0.2, -0.15) is 4.99 Å². The van der Waals surface area contributed by atoms with Crippen LogP contribution in [0.15, 0.2) is 53.7 Å². The Morgan fingerprint density at radius 2 is 1.88 bits per heavy atom. The molecule has 0 radical (unpaired) electrons. The minimum absolute atomic E-state index is 0.00607. The van der Waals surface area contributed by atoms with E-state index in [-0.39, 0.29) is 17.2 Å². The third-order valence-corrected chi connectivity index (χ3v) is 3.42. The monoisotopic (exact) mass is 326 g/mol. The number of hydrogen-bond donors (Lipinski definition) is 2. The van der Waals surface area contributed by atoms with Crippen molar-refractivity contribution in [2.75, 3.05) is 0 Å². The van der Waals surface area contributed by atoms with Crippen molar-refractivity contribution in [3.63, 3.8) is 0 Å². The predicted octanol–water partition coefficient (Wildman–Crippen LogP) is 2.59. The summed E-state index contributed by atoms with van der Waals surface area (Å²) in [5, 5.41) is 1.34. The molecule has 1 amide bonds. The molecule has 3 aromatic rings. The molecule has 7 heteroatoms. The molecule has 0 saturated heterocycles. The van der Waals surface area contributed by atoms with E-state index in [9.17, 15) is 13.6 Å². The molecule has 0 unspecified atom stereocenters. The second-order valence-corrected chi connectivity index (χ2v) is 5.07. The second kappa shape index (κ2) is 6.04. The minimum atomic E-state index is -0.788. The number of rotatable bonds is 2. The molecule has 0 aliphatic heterocycles. The lowest BCUT2D eigenvalue weighted by atomic mass is 9.99. The average Bonchev–Trinajstić information content (AvgIpc) is 2.53. The molecule has 1 heterocycles. The number of guanidine groups is 1. The average molecular weight is 326 g/mol. The molecule has 0 fully saturated rings. The molecule has 120 valence electrons. The summed E-state index contributed by atoms with van der Waals surface area (Å²) in [6.45, 7) is 0. The summed E-state index contributed by atoms with van der Waals surface area (Å²) < 4.78 is 27.2. The van der Waals surface area contributed by atoms with Gasteiger partial charge in [0.15, 0.2) is 11.8 Å². The Hall–Kier alpha value is -3.35. The summed E-state index contributed by atoms with van der Waals surface area (Å²) in [7, 11) is 0.